The summed E-state index contributed by atoms with van der Waals surface area (Å²) in [6.45, 7) is 0.174. The van der Waals surface area contributed by atoms with Crippen molar-refractivity contribution < 1.29 is 12.8 Å². The van der Waals surface area contributed by atoms with Gasteiger partial charge in [0.25, 0.3) is 0 Å². The molecule has 0 amide bonds. The molecule has 3 aromatic rings. The van der Waals surface area contributed by atoms with E-state index in [1.165, 1.54) is 18.2 Å². The smallest absolute Gasteiger partial charge is 0.236 e. The minimum Gasteiger partial charge on any atom is -0.236 e. The van der Waals surface area contributed by atoms with Gasteiger partial charge in [-0.15, -0.1) is 0 Å². The normalized spacial score (nSPS) is 11.4. The summed E-state index contributed by atoms with van der Waals surface area (Å²) in [7, 11) is -3.73. The first kappa shape index (κ1) is 17.2. The van der Waals surface area contributed by atoms with E-state index < -0.39 is 15.8 Å². The number of sulfonamides is 1. The molecule has 1 aromatic heterocycles. The zero-order chi connectivity index (χ0) is 17.7. The van der Waals surface area contributed by atoms with Gasteiger partial charge in [0.15, 0.2) is 5.82 Å². The number of aromatic nitrogens is 2. The Labute approximate surface area is 145 Å². The van der Waals surface area contributed by atoms with Gasteiger partial charge in [-0.1, -0.05) is 36.4 Å². The Bertz CT molecular complexity index is 946. The van der Waals surface area contributed by atoms with Crippen LogP contribution < -0.4 is 4.72 Å². The van der Waals surface area contributed by atoms with Gasteiger partial charge in [-0.05, 0) is 30.2 Å². The van der Waals surface area contributed by atoms with Crippen molar-refractivity contribution in [2.75, 3.05) is 6.54 Å². The maximum absolute atomic E-state index is 13.2. The van der Waals surface area contributed by atoms with Gasteiger partial charge in [0.05, 0.1) is 4.90 Å². The van der Waals surface area contributed by atoms with Crippen LogP contribution in [-0.2, 0) is 16.4 Å². The van der Waals surface area contributed by atoms with E-state index in [1.54, 1.807) is 12.4 Å². The first-order valence-corrected chi connectivity index (χ1v) is 9.14. The number of hydrogen-bond acceptors (Lipinski definition) is 4. The average molecular weight is 357 g/mol. The zero-order valence-corrected chi connectivity index (χ0v) is 14.1. The van der Waals surface area contributed by atoms with Crippen LogP contribution in [0.3, 0.4) is 0 Å². The molecule has 0 atom stereocenters. The number of nitrogens with zero attached hydrogens (tertiary/aromatic N) is 2. The van der Waals surface area contributed by atoms with Gasteiger partial charge in [0, 0.05) is 24.5 Å². The molecule has 3 rings (SSSR count). The van der Waals surface area contributed by atoms with Crippen LogP contribution in [0.2, 0.25) is 0 Å². The predicted molar refractivity (Wildman–Crippen MR) is 92.8 cm³/mol. The third-order valence-electron chi connectivity index (χ3n) is 3.55. The van der Waals surface area contributed by atoms with E-state index in [0.29, 0.717) is 12.2 Å². The molecule has 0 fully saturated rings. The van der Waals surface area contributed by atoms with E-state index in [9.17, 15) is 12.8 Å². The summed E-state index contributed by atoms with van der Waals surface area (Å²) in [5.74, 6) is 0.0254. The van der Waals surface area contributed by atoms with Gasteiger partial charge in [0.2, 0.25) is 10.0 Å². The minimum atomic E-state index is -3.73. The third kappa shape index (κ3) is 4.46. The monoisotopic (exact) mass is 357 g/mol. The molecule has 5 nitrogen and oxygen atoms in total. The molecule has 2 aromatic carbocycles. The number of halogens is 1. The van der Waals surface area contributed by atoms with Crippen molar-refractivity contribution in [1.29, 1.82) is 0 Å². The molecule has 0 radical (unpaired) electrons. The topological polar surface area (TPSA) is 72.0 Å². The van der Waals surface area contributed by atoms with E-state index in [1.807, 2.05) is 30.3 Å². The van der Waals surface area contributed by atoms with Gasteiger partial charge < -0.3 is 0 Å². The highest BCUT2D eigenvalue weighted by Crippen LogP contribution is 2.13. The highest BCUT2D eigenvalue weighted by atomic mass is 32.2. The first-order valence-electron chi connectivity index (χ1n) is 7.66. The summed E-state index contributed by atoms with van der Waals surface area (Å²) < 4.78 is 39.8. The Balaban J connectivity index is 1.60. The molecule has 0 saturated heterocycles. The fraction of sp³-hybridized carbons (Fsp3) is 0.111. The molecule has 1 N–H and O–H groups in total. The van der Waals surface area contributed by atoms with Gasteiger partial charge in [-0.2, -0.15) is 0 Å². The molecule has 128 valence electrons. The minimum absolute atomic E-state index is 0.0943. The maximum atomic E-state index is 13.2. The number of benzene rings is 2. The van der Waals surface area contributed by atoms with Gasteiger partial charge in [0.1, 0.15) is 5.82 Å². The lowest BCUT2D eigenvalue weighted by Crippen LogP contribution is -2.26. The molecule has 0 saturated carbocycles. The zero-order valence-electron chi connectivity index (χ0n) is 13.3. The van der Waals surface area contributed by atoms with E-state index >= 15 is 0 Å². The van der Waals surface area contributed by atoms with Crippen LogP contribution in [0.4, 0.5) is 4.39 Å². The fourth-order valence-electron chi connectivity index (χ4n) is 2.27. The van der Waals surface area contributed by atoms with Crippen LogP contribution in [0.5, 0.6) is 0 Å². The van der Waals surface area contributed by atoms with E-state index in [0.717, 1.165) is 17.2 Å². The van der Waals surface area contributed by atoms with Gasteiger partial charge in [-0.3, -0.25) is 0 Å². The van der Waals surface area contributed by atoms with Crippen molar-refractivity contribution in [2.24, 2.45) is 0 Å². The van der Waals surface area contributed by atoms with E-state index in [2.05, 4.69) is 14.7 Å². The lowest BCUT2D eigenvalue weighted by molar-refractivity contribution is 0.577. The quantitative estimate of drug-likeness (QED) is 0.736. The van der Waals surface area contributed by atoms with Gasteiger partial charge in [-0.25, -0.2) is 27.5 Å². The molecule has 0 spiro atoms. The predicted octanol–water partition coefficient (Wildman–Crippen LogP) is 2.80. The largest absolute Gasteiger partial charge is 0.240 e. The Morgan fingerprint density at radius 2 is 1.68 bits per heavy atom. The highest BCUT2D eigenvalue weighted by molar-refractivity contribution is 7.89. The highest BCUT2D eigenvalue weighted by Gasteiger charge is 2.14. The van der Waals surface area contributed by atoms with Crippen LogP contribution in [0.25, 0.3) is 11.4 Å². The summed E-state index contributed by atoms with van der Waals surface area (Å²) >= 11 is 0. The molecule has 1 heterocycles. The summed E-state index contributed by atoms with van der Waals surface area (Å²) in [6.07, 6.45) is 3.78. The van der Waals surface area contributed by atoms with E-state index in [4.69, 9.17) is 0 Å². The van der Waals surface area contributed by atoms with Crippen molar-refractivity contribution in [1.82, 2.24) is 14.7 Å². The van der Waals surface area contributed by atoms with Crippen LogP contribution in [-0.4, -0.2) is 24.9 Å². The number of hydrogen-bond donors (Lipinski definition) is 1. The molecule has 0 unspecified atom stereocenters. The molecule has 25 heavy (non-hydrogen) atoms. The lowest BCUT2D eigenvalue weighted by Gasteiger charge is -2.07. The van der Waals surface area contributed by atoms with Crippen molar-refractivity contribution in [3.05, 3.63) is 78.4 Å². The molecule has 7 heteroatoms. The first-order chi connectivity index (χ1) is 12.0. The van der Waals surface area contributed by atoms with Crippen molar-refractivity contribution in [3.8, 4) is 11.4 Å². The molecular weight excluding hydrogens is 341 g/mol. The Morgan fingerprint density at radius 3 is 2.36 bits per heavy atom. The van der Waals surface area contributed by atoms with Crippen LogP contribution in [0, 0.1) is 5.82 Å². The van der Waals surface area contributed by atoms with Gasteiger partial charge >= 0.3 is 0 Å². The standard InChI is InChI=1S/C18H16FN3O2S/c19-16-7-4-8-17(11-16)25(23,24)22-10-9-14-12-20-18(21-13-14)15-5-2-1-3-6-15/h1-8,11-13,22H,9-10H2. The van der Waals surface area contributed by atoms with Crippen molar-refractivity contribution in [3.63, 3.8) is 0 Å². The molecule has 0 aliphatic heterocycles. The molecule has 0 bridgehead atoms. The number of rotatable bonds is 6. The summed E-state index contributed by atoms with van der Waals surface area (Å²) in [4.78, 5) is 8.50. The average Bonchev–Trinajstić information content (AvgIpc) is 2.63. The molecule has 0 aliphatic rings. The molecular formula is C18H16FN3O2S. The Hall–Kier alpha value is -2.64. The second-order valence-corrected chi connectivity index (χ2v) is 7.15. The summed E-state index contributed by atoms with van der Waals surface area (Å²) in [6, 6.07) is 14.5. The van der Waals surface area contributed by atoms with Crippen LogP contribution >= 0.6 is 0 Å². The summed E-state index contributed by atoms with van der Waals surface area (Å²) in [5.41, 5.74) is 1.72. The Kier molecular flexibility index (Phi) is 5.16. The SMILES string of the molecule is O=S(=O)(NCCc1cnc(-c2ccccc2)nc1)c1cccc(F)c1. The molecule has 0 aliphatic carbocycles. The van der Waals surface area contributed by atoms with Crippen molar-refractivity contribution in [2.45, 2.75) is 11.3 Å². The third-order valence-corrected chi connectivity index (χ3v) is 5.01. The van der Waals surface area contributed by atoms with E-state index in [-0.39, 0.29) is 11.4 Å². The maximum Gasteiger partial charge on any atom is 0.240 e. The van der Waals surface area contributed by atoms with Crippen LogP contribution in [0.1, 0.15) is 5.56 Å². The second-order valence-electron chi connectivity index (χ2n) is 5.39. The van der Waals surface area contributed by atoms with Crippen molar-refractivity contribution >= 4 is 10.0 Å². The number of nitrogens with one attached hydrogen (secondary N) is 1. The Morgan fingerprint density at radius 1 is 0.960 bits per heavy atom. The second kappa shape index (κ2) is 7.50. The van der Waals surface area contributed by atoms with Crippen LogP contribution in [0.15, 0.2) is 71.9 Å². The fourth-order valence-corrected chi connectivity index (χ4v) is 3.33. The lowest BCUT2D eigenvalue weighted by atomic mass is 10.2. The summed E-state index contributed by atoms with van der Waals surface area (Å²) in [5, 5.41) is 0.